The first-order chi connectivity index (χ1) is 15.0. The minimum Gasteiger partial charge on any atom is -0.507 e. The molecule has 1 saturated heterocycles. The van der Waals surface area contributed by atoms with Gasteiger partial charge in [-0.3, -0.25) is 4.79 Å². The van der Waals surface area contributed by atoms with Crippen LogP contribution in [0.4, 0.5) is 0 Å². The summed E-state index contributed by atoms with van der Waals surface area (Å²) in [6.45, 7) is 4.42. The molecule has 1 amide bonds. The first-order valence-electron chi connectivity index (χ1n) is 10.6. The fourth-order valence-corrected chi connectivity index (χ4v) is 3.96. The quantitative estimate of drug-likeness (QED) is 0.364. The van der Waals surface area contributed by atoms with Crippen molar-refractivity contribution in [1.82, 2.24) is 16.3 Å². The Hall–Kier alpha value is -3.22. The Morgan fingerprint density at radius 2 is 1.90 bits per heavy atom. The molecule has 0 spiro atoms. The molecule has 2 atom stereocenters. The number of fused-ring (bicyclic) bond motifs is 1. The lowest BCUT2D eigenvalue weighted by molar-refractivity contribution is -0.122. The molecule has 4 N–H and O–H groups in total. The molecule has 6 nitrogen and oxygen atoms in total. The van der Waals surface area contributed by atoms with E-state index in [0.29, 0.717) is 17.9 Å². The first kappa shape index (κ1) is 21.0. The summed E-state index contributed by atoms with van der Waals surface area (Å²) in [7, 11) is 0. The van der Waals surface area contributed by atoms with Crippen molar-refractivity contribution in [3.8, 4) is 5.75 Å². The summed E-state index contributed by atoms with van der Waals surface area (Å²) in [4.78, 5) is 12.5. The number of benzene rings is 3. The van der Waals surface area contributed by atoms with E-state index in [-0.39, 0.29) is 17.7 Å². The molecule has 2 unspecified atom stereocenters. The van der Waals surface area contributed by atoms with Gasteiger partial charge in [-0.2, -0.15) is 5.10 Å². The lowest BCUT2D eigenvalue weighted by Crippen LogP contribution is -2.41. The number of phenolic OH excluding ortho intramolecular Hbond substituents is 1. The molecule has 160 valence electrons. The maximum atomic E-state index is 12.5. The summed E-state index contributed by atoms with van der Waals surface area (Å²) in [5.74, 6) is 0.530. The number of hydrazone groups is 1. The van der Waals surface area contributed by atoms with Crippen LogP contribution in [-0.4, -0.2) is 23.3 Å². The van der Waals surface area contributed by atoms with Crippen LogP contribution in [0.1, 0.15) is 43.0 Å². The topological polar surface area (TPSA) is 85.8 Å². The highest BCUT2D eigenvalue weighted by Gasteiger charge is 2.30. The standard InChI is InChI=1S/C25H28N4O2/c1-16(2)13-17-7-9-19(10-8-17)22-14-23(28-27-22)25(31)29-26-15-21-20-6-4-3-5-18(20)11-12-24(21)30/h3-12,15-16,22-23,27-28,30H,13-14H2,1-2H3,(H,29,31)/b26-15+. The highest BCUT2D eigenvalue weighted by molar-refractivity contribution is 6.02. The van der Waals surface area contributed by atoms with Gasteiger partial charge in [0.15, 0.2) is 0 Å². The summed E-state index contributed by atoms with van der Waals surface area (Å²) < 4.78 is 0. The average Bonchev–Trinajstić information content (AvgIpc) is 3.26. The molecule has 6 heteroatoms. The molecule has 4 rings (SSSR count). The average molecular weight is 417 g/mol. The molecule has 0 aromatic heterocycles. The molecule has 1 fully saturated rings. The van der Waals surface area contributed by atoms with Gasteiger partial charge in [0.25, 0.3) is 5.91 Å². The van der Waals surface area contributed by atoms with E-state index in [0.717, 1.165) is 22.8 Å². The van der Waals surface area contributed by atoms with Gasteiger partial charge < -0.3 is 5.11 Å². The number of nitrogens with zero attached hydrogens (tertiary/aromatic N) is 1. The predicted molar refractivity (Wildman–Crippen MR) is 124 cm³/mol. The molecule has 0 radical (unpaired) electrons. The Labute approximate surface area is 182 Å². The van der Waals surface area contributed by atoms with E-state index in [9.17, 15) is 9.90 Å². The number of hydrazine groups is 1. The van der Waals surface area contributed by atoms with Gasteiger partial charge in [0, 0.05) is 11.6 Å². The largest absolute Gasteiger partial charge is 0.507 e. The number of nitrogens with one attached hydrogen (secondary N) is 3. The minimum atomic E-state index is -0.390. The first-order valence-corrected chi connectivity index (χ1v) is 10.6. The predicted octanol–water partition coefficient (Wildman–Crippen LogP) is 3.80. The van der Waals surface area contributed by atoms with Gasteiger partial charge in [0.2, 0.25) is 0 Å². The monoisotopic (exact) mass is 416 g/mol. The molecule has 3 aromatic carbocycles. The van der Waals surface area contributed by atoms with Gasteiger partial charge in [-0.05, 0) is 46.7 Å². The smallest absolute Gasteiger partial charge is 0.258 e. The zero-order valence-corrected chi connectivity index (χ0v) is 17.8. The molecule has 1 aliphatic rings. The van der Waals surface area contributed by atoms with E-state index >= 15 is 0 Å². The zero-order chi connectivity index (χ0) is 21.8. The number of hydrogen-bond donors (Lipinski definition) is 4. The normalized spacial score (nSPS) is 18.8. The number of amides is 1. The van der Waals surface area contributed by atoms with E-state index in [1.54, 1.807) is 6.07 Å². The van der Waals surface area contributed by atoms with Crippen LogP contribution in [0.25, 0.3) is 10.8 Å². The van der Waals surface area contributed by atoms with E-state index in [1.165, 1.54) is 11.8 Å². The molecule has 31 heavy (non-hydrogen) atoms. The van der Waals surface area contributed by atoms with Crippen molar-refractivity contribution in [1.29, 1.82) is 0 Å². The maximum Gasteiger partial charge on any atom is 0.258 e. The van der Waals surface area contributed by atoms with Crippen LogP contribution in [0.5, 0.6) is 5.75 Å². The van der Waals surface area contributed by atoms with Gasteiger partial charge in [-0.25, -0.2) is 16.3 Å². The van der Waals surface area contributed by atoms with E-state index in [4.69, 9.17) is 0 Å². The van der Waals surface area contributed by atoms with Crippen molar-refractivity contribution in [3.63, 3.8) is 0 Å². The van der Waals surface area contributed by atoms with Crippen LogP contribution in [0.2, 0.25) is 0 Å². The minimum absolute atomic E-state index is 0.0648. The van der Waals surface area contributed by atoms with Crippen molar-refractivity contribution in [3.05, 3.63) is 77.4 Å². The number of hydrogen-bond acceptors (Lipinski definition) is 5. The number of carbonyl (C=O) groups is 1. The molecule has 0 aliphatic carbocycles. The van der Waals surface area contributed by atoms with Gasteiger partial charge in [-0.1, -0.05) is 68.4 Å². The lowest BCUT2D eigenvalue weighted by Gasteiger charge is -2.11. The Morgan fingerprint density at radius 3 is 2.68 bits per heavy atom. The van der Waals surface area contributed by atoms with Crippen molar-refractivity contribution < 1.29 is 9.90 Å². The highest BCUT2D eigenvalue weighted by atomic mass is 16.3. The SMILES string of the molecule is CC(C)Cc1ccc(C2CC(C(=O)N/N=C/c3c(O)ccc4ccccc34)NN2)cc1. The number of aromatic hydroxyl groups is 1. The van der Waals surface area contributed by atoms with Crippen LogP contribution >= 0.6 is 0 Å². The summed E-state index contributed by atoms with van der Waals surface area (Å²) in [6, 6.07) is 19.4. The second-order valence-corrected chi connectivity index (χ2v) is 8.42. The van der Waals surface area contributed by atoms with Gasteiger partial charge in [0.1, 0.15) is 11.8 Å². The molecule has 0 bridgehead atoms. The third-order valence-electron chi connectivity index (χ3n) is 5.56. The van der Waals surface area contributed by atoms with Crippen LogP contribution in [0.15, 0.2) is 65.8 Å². The van der Waals surface area contributed by atoms with Crippen LogP contribution in [0.3, 0.4) is 0 Å². The lowest BCUT2D eigenvalue weighted by atomic mass is 9.97. The van der Waals surface area contributed by atoms with Gasteiger partial charge in [0.05, 0.1) is 6.21 Å². The van der Waals surface area contributed by atoms with Crippen molar-refractivity contribution in [2.45, 2.75) is 38.8 Å². The molecular weight excluding hydrogens is 388 g/mol. The molecule has 3 aromatic rings. The van der Waals surface area contributed by atoms with E-state index in [2.05, 4.69) is 59.5 Å². The van der Waals surface area contributed by atoms with Gasteiger partial charge >= 0.3 is 0 Å². The summed E-state index contributed by atoms with van der Waals surface area (Å²) in [5.41, 5.74) is 11.9. The van der Waals surface area contributed by atoms with E-state index in [1.807, 2.05) is 30.3 Å². The Bertz CT molecular complexity index is 1090. The third-order valence-corrected chi connectivity index (χ3v) is 5.56. The summed E-state index contributed by atoms with van der Waals surface area (Å²) in [5, 5.41) is 16.1. The summed E-state index contributed by atoms with van der Waals surface area (Å²) >= 11 is 0. The highest BCUT2D eigenvalue weighted by Crippen LogP contribution is 2.26. The van der Waals surface area contributed by atoms with Crippen LogP contribution < -0.4 is 16.3 Å². The van der Waals surface area contributed by atoms with Crippen molar-refractivity contribution in [2.24, 2.45) is 11.0 Å². The molecule has 0 saturated carbocycles. The third kappa shape index (κ3) is 4.93. The van der Waals surface area contributed by atoms with Crippen LogP contribution in [-0.2, 0) is 11.2 Å². The second kappa shape index (κ2) is 9.29. The van der Waals surface area contributed by atoms with Crippen LogP contribution in [0, 0.1) is 5.92 Å². The number of phenols is 1. The zero-order valence-electron chi connectivity index (χ0n) is 17.8. The fourth-order valence-electron chi connectivity index (χ4n) is 3.96. The number of rotatable bonds is 6. The second-order valence-electron chi connectivity index (χ2n) is 8.42. The molecule has 1 aliphatic heterocycles. The van der Waals surface area contributed by atoms with Gasteiger partial charge in [-0.15, -0.1) is 0 Å². The Balaban J connectivity index is 1.37. The maximum absolute atomic E-state index is 12.5. The Kier molecular flexibility index (Phi) is 6.30. The fraction of sp³-hybridized carbons (Fsp3) is 0.280. The Morgan fingerprint density at radius 1 is 1.13 bits per heavy atom. The molecular formula is C25H28N4O2. The van der Waals surface area contributed by atoms with E-state index < -0.39 is 6.04 Å². The van der Waals surface area contributed by atoms with Crippen molar-refractivity contribution in [2.75, 3.05) is 0 Å². The summed E-state index contributed by atoms with van der Waals surface area (Å²) in [6.07, 6.45) is 3.18. The number of carbonyl (C=O) groups excluding carboxylic acids is 1. The van der Waals surface area contributed by atoms with Crippen molar-refractivity contribution >= 4 is 22.9 Å². The molecule has 1 heterocycles.